The van der Waals surface area contributed by atoms with E-state index in [1.807, 2.05) is 46.0 Å². The first kappa shape index (κ1) is 21.5. The van der Waals surface area contributed by atoms with Gasteiger partial charge in [0.2, 0.25) is 0 Å². The molecule has 8 nitrogen and oxygen atoms in total. The average molecular weight is 448 g/mol. The lowest BCUT2D eigenvalue weighted by molar-refractivity contribution is -0.142. The molecule has 2 aliphatic heterocycles. The highest BCUT2D eigenvalue weighted by Crippen LogP contribution is 2.30. The zero-order chi connectivity index (χ0) is 22.6. The molecule has 2 aliphatic rings. The minimum atomic E-state index is -0.244. The summed E-state index contributed by atoms with van der Waals surface area (Å²) >= 11 is 0. The van der Waals surface area contributed by atoms with Gasteiger partial charge < -0.3 is 24.7 Å². The van der Waals surface area contributed by atoms with Crippen molar-refractivity contribution in [3.05, 3.63) is 66.1 Å². The van der Waals surface area contributed by atoms with E-state index in [2.05, 4.69) is 27.8 Å². The molecule has 2 aromatic heterocycles. The fraction of sp³-hybridized carbons (Fsp3) is 0.400. The number of hydrogen-bond donors (Lipinski definition) is 2. The molecule has 5 rings (SSSR count). The summed E-state index contributed by atoms with van der Waals surface area (Å²) in [7, 11) is 0. The lowest BCUT2D eigenvalue weighted by atomic mass is 9.89. The van der Waals surface area contributed by atoms with Gasteiger partial charge in [-0.2, -0.15) is 0 Å². The molecule has 0 spiro atoms. The Morgan fingerprint density at radius 2 is 1.88 bits per heavy atom. The van der Waals surface area contributed by atoms with Crippen LogP contribution >= 0.6 is 0 Å². The van der Waals surface area contributed by atoms with Gasteiger partial charge in [-0.05, 0) is 67.0 Å². The van der Waals surface area contributed by atoms with Gasteiger partial charge in [-0.15, -0.1) is 0 Å². The molecule has 0 unspecified atom stereocenters. The number of anilines is 1. The Bertz CT molecular complexity index is 1110. The zero-order valence-electron chi connectivity index (χ0n) is 18.6. The maximum atomic E-state index is 12.5. The third-order valence-electron chi connectivity index (χ3n) is 6.57. The van der Waals surface area contributed by atoms with Gasteiger partial charge in [0.1, 0.15) is 11.8 Å². The van der Waals surface area contributed by atoms with E-state index in [4.69, 9.17) is 4.74 Å². The van der Waals surface area contributed by atoms with E-state index in [-0.39, 0.29) is 18.0 Å². The van der Waals surface area contributed by atoms with Crippen LogP contribution in [0.4, 0.5) is 10.5 Å². The van der Waals surface area contributed by atoms with Crippen LogP contribution < -0.4 is 10.6 Å². The van der Waals surface area contributed by atoms with E-state index < -0.39 is 0 Å². The first-order valence-electron chi connectivity index (χ1n) is 11.6. The number of nitrogens with zero attached hydrogens (tertiary/aromatic N) is 3. The zero-order valence-corrected chi connectivity index (χ0v) is 18.6. The van der Waals surface area contributed by atoms with Gasteiger partial charge >= 0.3 is 6.03 Å². The Kier molecular flexibility index (Phi) is 6.26. The van der Waals surface area contributed by atoms with Crippen LogP contribution in [0.2, 0.25) is 0 Å². The molecule has 3 aromatic rings. The van der Waals surface area contributed by atoms with Crippen molar-refractivity contribution in [2.45, 2.75) is 44.2 Å². The first-order valence-corrected chi connectivity index (χ1v) is 11.6. The van der Waals surface area contributed by atoms with Crippen LogP contribution in [0.15, 0.2) is 55.0 Å². The lowest BCUT2D eigenvalue weighted by Gasteiger charge is -2.33. The molecule has 8 heteroatoms. The van der Waals surface area contributed by atoms with Crippen molar-refractivity contribution >= 4 is 23.3 Å². The molecule has 0 bridgehead atoms. The van der Waals surface area contributed by atoms with E-state index in [1.54, 1.807) is 6.20 Å². The number of pyridine rings is 1. The Morgan fingerprint density at radius 3 is 2.64 bits per heavy atom. The first-order chi connectivity index (χ1) is 16.2. The summed E-state index contributed by atoms with van der Waals surface area (Å²) in [6.45, 7) is 2.68. The number of imidazole rings is 1. The van der Waals surface area contributed by atoms with E-state index >= 15 is 0 Å². The van der Waals surface area contributed by atoms with Crippen molar-refractivity contribution < 1.29 is 14.3 Å². The number of carbonyl (C=O) groups is 2. The molecule has 2 N–H and O–H groups in total. The second-order valence-corrected chi connectivity index (χ2v) is 8.76. The predicted octanol–water partition coefficient (Wildman–Crippen LogP) is 3.54. The molecule has 3 amide bonds. The van der Waals surface area contributed by atoms with Gasteiger partial charge in [0.15, 0.2) is 0 Å². The van der Waals surface area contributed by atoms with Crippen LogP contribution in [0, 0.1) is 0 Å². The molecule has 0 aliphatic carbocycles. The number of hydrogen-bond acceptors (Lipinski definition) is 4. The van der Waals surface area contributed by atoms with E-state index in [1.165, 1.54) is 5.56 Å². The number of carbonyl (C=O) groups excluding carboxylic acids is 2. The highest BCUT2D eigenvalue weighted by Gasteiger charge is 2.31. The average Bonchev–Trinajstić information content (AvgIpc) is 3.55. The molecule has 172 valence electrons. The van der Waals surface area contributed by atoms with Crippen molar-refractivity contribution in [1.82, 2.24) is 19.6 Å². The molecular formula is C25H29N5O3. The normalized spacial score (nSPS) is 19.0. The highest BCUT2D eigenvalue weighted by atomic mass is 16.5. The maximum absolute atomic E-state index is 12.5. The van der Waals surface area contributed by atoms with Crippen molar-refractivity contribution in [3.63, 3.8) is 0 Å². The summed E-state index contributed by atoms with van der Waals surface area (Å²) in [5, 5.41) is 5.78. The number of likely N-dealkylation sites (tertiary alicyclic amines) is 1. The van der Waals surface area contributed by atoms with Crippen LogP contribution in [0.1, 0.15) is 42.7 Å². The van der Waals surface area contributed by atoms with Crippen LogP contribution in [0.25, 0.3) is 5.65 Å². The fourth-order valence-electron chi connectivity index (χ4n) is 4.67. The van der Waals surface area contributed by atoms with Gasteiger partial charge in [-0.1, -0.05) is 12.1 Å². The number of amides is 3. The third-order valence-corrected chi connectivity index (χ3v) is 6.57. The summed E-state index contributed by atoms with van der Waals surface area (Å²) in [4.78, 5) is 31.1. The SMILES string of the molecule is O=C(NCc1ccn2ccnc2c1)Nc1ccc(C2CCN(C(=O)[C@@H]3CCCO3)CC2)cc1. The van der Waals surface area contributed by atoms with Gasteiger partial charge in [-0.3, -0.25) is 4.79 Å². The predicted molar refractivity (Wildman–Crippen MR) is 125 cm³/mol. The van der Waals surface area contributed by atoms with E-state index in [9.17, 15) is 9.59 Å². The Morgan fingerprint density at radius 1 is 1.06 bits per heavy atom. The number of ether oxygens (including phenoxy) is 1. The molecule has 2 fully saturated rings. The number of nitrogens with one attached hydrogen (secondary N) is 2. The molecule has 0 radical (unpaired) electrons. The maximum Gasteiger partial charge on any atom is 0.319 e. The van der Waals surface area contributed by atoms with Crippen molar-refractivity contribution in [1.29, 1.82) is 0 Å². The molecule has 4 heterocycles. The second-order valence-electron chi connectivity index (χ2n) is 8.76. The summed E-state index contributed by atoms with van der Waals surface area (Å²) in [6.07, 6.45) is 9.06. The number of piperidine rings is 1. The highest BCUT2D eigenvalue weighted by molar-refractivity contribution is 5.89. The number of urea groups is 1. The van der Waals surface area contributed by atoms with Crippen LogP contribution in [-0.2, 0) is 16.1 Å². The molecule has 2 saturated heterocycles. The van der Waals surface area contributed by atoms with E-state index in [0.29, 0.717) is 19.1 Å². The Hall–Kier alpha value is -3.39. The molecule has 1 atom stereocenters. The number of benzene rings is 1. The minimum Gasteiger partial charge on any atom is -0.368 e. The number of aromatic nitrogens is 2. The number of rotatable bonds is 5. The van der Waals surface area contributed by atoms with Crippen molar-refractivity contribution in [2.24, 2.45) is 0 Å². The topological polar surface area (TPSA) is 88.0 Å². The lowest BCUT2D eigenvalue weighted by Crippen LogP contribution is -2.43. The Labute approximate surface area is 192 Å². The van der Waals surface area contributed by atoms with Crippen molar-refractivity contribution in [2.75, 3.05) is 25.0 Å². The standard InChI is InChI=1S/C25H29N5O3/c31-24(22-2-1-15-33-22)30-12-8-20(9-13-30)19-3-5-21(6-4-19)28-25(32)27-17-18-7-11-29-14-10-26-23(29)16-18/h3-7,10-11,14,16,20,22H,1-2,8-9,12-13,15,17H2,(H2,27,28,32)/t22-/m0/s1. The minimum absolute atomic E-state index is 0.154. The van der Waals surface area contributed by atoms with E-state index in [0.717, 1.165) is 55.7 Å². The van der Waals surface area contributed by atoms with Gasteiger partial charge in [0, 0.05) is 50.5 Å². The quantitative estimate of drug-likeness (QED) is 0.626. The summed E-state index contributed by atoms with van der Waals surface area (Å²) in [6, 6.07) is 11.7. The third kappa shape index (κ3) is 5.01. The molecule has 33 heavy (non-hydrogen) atoms. The largest absolute Gasteiger partial charge is 0.368 e. The molecular weight excluding hydrogens is 418 g/mol. The Balaban J connectivity index is 1.09. The molecule has 0 saturated carbocycles. The van der Waals surface area contributed by atoms with Gasteiger partial charge in [0.05, 0.1) is 0 Å². The van der Waals surface area contributed by atoms with Gasteiger partial charge in [-0.25, -0.2) is 9.78 Å². The summed E-state index contributed by atoms with van der Waals surface area (Å²) < 4.78 is 7.47. The van der Waals surface area contributed by atoms with Crippen LogP contribution in [0.3, 0.4) is 0 Å². The van der Waals surface area contributed by atoms with Crippen molar-refractivity contribution in [3.8, 4) is 0 Å². The van der Waals surface area contributed by atoms with Gasteiger partial charge in [0.25, 0.3) is 5.91 Å². The second kappa shape index (κ2) is 9.62. The monoisotopic (exact) mass is 447 g/mol. The summed E-state index contributed by atoms with van der Waals surface area (Å²) in [5.74, 6) is 0.584. The summed E-state index contributed by atoms with van der Waals surface area (Å²) in [5.41, 5.74) is 3.85. The fourth-order valence-corrected chi connectivity index (χ4v) is 4.67. The smallest absolute Gasteiger partial charge is 0.319 e. The van der Waals surface area contributed by atoms with Crippen LogP contribution in [0.5, 0.6) is 0 Å². The molecule has 1 aromatic carbocycles. The van der Waals surface area contributed by atoms with Crippen LogP contribution in [-0.4, -0.2) is 52.0 Å². The number of fused-ring (bicyclic) bond motifs is 1.